The zero-order valence-corrected chi connectivity index (χ0v) is 19.5. The Morgan fingerprint density at radius 1 is 1.09 bits per heavy atom. The molecular weight excluding hydrogens is 438 g/mol. The number of hydrogen-bond acceptors (Lipinski definition) is 5. The molecule has 0 radical (unpaired) electrons. The van der Waals surface area contributed by atoms with Crippen LogP contribution in [-0.4, -0.2) is 38.9 Å². The van der Waals surface area contributed by atoms with Gasteiger partial charge in [0, 0.05) is 28.5 Å². The number of aromatic nitrogens is 2. The molecule has 0 saturated carbocycles. The third-order valence-corrected chi connectivity index (χ3v) is 7.02. The van der Waals surface area contributed by atoms with Gasteiger partial charge in [0.05, 0.1) is 16.9 Å². The van der Waals surface area contributed by atoms with Gasteiger partial charge in [-0.2, -0.15) is 5.10 Å². The summed E-state index contributed by atoms with van der Waals surface area (Å²) in [6, 6.07) is 16.6. The number of thioether (sulfide) groups is 1. The van der Waals surface area contributed by atoms with Crippen molar-refractivity contribution >= 4 is 29.6 Å². The normalized spacial score (nSPS) is 17.5. The fourth-order valence-corrected chi connectivity index (χ4v) is 4.84. The van der Waals surface area contributed by atoms with Crippen LogP contribution in [0.2, 0.25) is 0 Å². The fraction of sp³-hybridized carbons (Fsp3) is 0.250. The van der Waals surface area contributed by atoms with E-state index in [0.29, 0.717) is 17.9 Å². The molecule has 3 N–H and O–H groups in total. The van der Waals surface area contributed by atoms with E-state index in [-0.39, 0.29) is 11.8 Å². The molecule has 170 valence electrons. The highest BCUT2D eigenvalue weighted by molar-refractivity contribution is 7.99. The van der Waals surface area contributed by atoms with Crippen LogP contribution < -0.4 is 16.0 Å². The smallest absolute Gasteiger partial charge is 0.322 e. The summed E-state index contributed by atoms with van der Waals surface area (Å²) in [7, 11) is 0. The number of carbonyl (C=O) groups is 3. The molecule has 4 amide bonds. The zero-order chi connectivity index (χ0) is 23.6. The number of imide groups is 1. The molecule has 4 rings (SSSR count). The number of para-hydroxylation sites is 1. The minimum Gasteiger partial charge on any atom is -0.348 e. The summed E-state index contributed by atoms with van der Waals surface area (Å²) in [5, 5.41) is 12.5. The maximum atomic E-state index is 13.0. The number of nitrogens with one attached hydrogen (secondary N) is 3. The second-order valence-corrected chi connectivity index (χ2v) is 9.12. The lowest BCUT2D eigenvalue weighted by Gasteiger charge is -2.20. The lowest BCUT2D eigenvalue weighted by molar-refractivity contribution is -0.122. The topological polar surface area (TPSA) is 105 Å². The largest absolute Gasteiger partial charge is 0.348 e. The molecule has 3 aromatic rings. The van der Waals surface area contributed by atoms with Gasteiger partial charge in [0.2, 0.25) is 0 Å². The quantitative estimate of drug-likeness (QED) is 0.369. The van der Waals surface area contributed by atoms with E-state index in [4.69, 9.17) is 0 Å². The van der Waals surface area contributed by atoms with Crippen molar-refractivity contribution in [3.8, 4) is 5.69 Å². The Kier molecular flexibility index (Phi) is 6.24. The van der Waals surface area contributed by atoms with Gasteiger partial charge in [0.15, 0.2) is 0 Å². The maximum absolute atomic E-state index is 13.0. The number of rotatable bonds is 7. The molecule has 1 atom stereocenters. The van der Waals surface area contributed by atoms with Crippen molar-refractivity contribution in [2.24, 2.45) is 0 Å². The molecule has 33 heavy (non-hydrogen) atoms. The van der Waals surface area contributed by atoms with Crippen molar-refractivity contribution in [3.05, 3.63) is 77.1 Å². The Balaban J connectivity index is 1.47. The molecule has 1 aromatic heterocycles. The summed E-state index contributed by atoms with van der Waals surface area (Å²) < 4.78 is 1.88. The first kappa shape index (κ1) is 22.6. The van der Waals surface area contributed by atoms with Crippen molar-refractivity contribution in [2.75, 3.05) is 5.75 Å². The Labute approximate surface area is 196 Å². The van der Waals surface area contributed by atoms with E-state index < -0.39 is 11.6 Å². The van der Waals surface area contributed by atoms with Crippen LogP contribution in [0, 0.1) is 13.8 Å². The molecule has 1 unspecified atom stereocenters. The maximum Gasteiger partial charge on any atom is 0.322 e. The standard InChI is InChI=1S/C24H25N5O3S/c1-15-19(16(2)29(28-15)17-9-5-4-6-10-17)13-25-21(30)18-11-7-8-12-20(18)33-14-24(3)22(31)26-23(32)27-24/h4-12H,13-14H2,1-3H3,(H,25,30)(H2,26,27,31,32). The second-order valence-electron chi connectivity index (χ2n) is 8.10. The monoisotopic (exact) mass is 463 g/mol. The molecule has 9 heteroatoms. The van der Waals surface area contributed by atoms with E-state index in [2.05, 4.69) is 21.0 Å². The highest BCUT2D eigenvalue weighted by atomic mass is 32.2. The molecule has 1 fully saturated rings. The van der Waals surface area contributed by atoms with E-state index in [9.17, 15) is 14.4 Å². The van der Waals surface area contributed by atoms with Crippen LogP contribution in [0.3, 0.4) is 0 Å². The van der Waals surface area contributed by atoms with Gasteiger partial charge in [-0.3, -0.25) is 14.9 Å². The molecule has 1 saturated heterocycles. The summed E-state index contributed by atoms with van der Waals surface area (Å²) in [5.74, 6) is -0.283. The van der Waals surface area contributed by atoms with Crippen LogP contribution in [0.25, 0.3) is 5.69 Å². The van der Waals surface area contributed by atoms with E-state index >= 15 is 0 Å². The first-order valence-electron chi connectivity index (χ1n) is 10.5. The number of aryl methyl sites for hydroxylation is 1. The highest BCUT2D eigenvalue weighted by Gasteiger charge is 2.41. The Bertz CT molecular complexity index is 1220. The molecule has 0 spiro atoms. The minimum atomic E-state index is -1.02. The summed E-state index contributed by atoms with van der Waals surface area (Å²) in [6.45, 7) is 5.93. The van der Waals surface area contributed by atoms with Gasteiger partial charge in [-0.05, 0) is 45.0 Å². The molecule has 2 aromatic carbocycles. The van der Waals surface area contributed by atoms with Gasteiger partial charge in [-0.25, -0.2) is 9.48 Å². The van der Waals surface area contributed by atoms with Crippen LogP contribution in [0.15, 0.2) is 59.5 Å². The van der Waals surface area contributed by atoms with Gasteiger partial charge in [-0.1, -0.05) is 30.3 Å². The van der Waals surface area contributed by atoms with E-state index in [1.165, 1.54) is 11.8 Å². The van der Waals surface area contributed by atoms with Crippen LogP contribution in [0.5, 0.6) is 0 Å². The molecule has 0 bridgehead atoms. The molecule has 8 nitrogen and oxygen atoms in total. The lowest BCUT2D eigenvalue weighted by atomic mass is 10.1. The third kappa shape index (κ3) is 4.63. The van der Waals surface area contributed by atoms with Crippen LogP contribution >= 0.6 is 11.8 Å². The third-order valence-electron chi connectivity index (χ3n) is 5.63. The number of amides is 4. The number of nitrogens with zero attached hydrogens (tertiary/aromatic N) is 2. The van der Waals surface area contributed by atoms with E-state index in [1.807, 2.05) is 61.0 Å². The van der Waals surface area contributed by atoms with Gasteiger partial charge in [0.1, 0.15) is 5.54 Å². The first-order valence-corrected chi connectivity index (χ1v) is 11.5. The average Bonchev–Trinajstić information content (AvgIpc) is 3.24. The lowest BCUT2D eigenvalue weighted by Crippen LogP contribution is -2.46. The molecule has 1 aliphatic heterocycles. The minimum absolute atomic E-state index is 0.213. The average molecular weight is 464 g/mol. The predicted molar refractivity (Wildman–Crippen MR) is 126 cm³/mol. The Morgan fingerprint density at radius 2 is 1.79 bits per heavy atom. The molecular formula is C24H25N5O3S. The summed E-state index contributed by atoms with van der Waals surface area (Å²) in [6.07, 6.45) is 0. The zero-order valence-electron chi connectivity index (χ0n) is 18.6. The SMILES string of the molecule is Cc1nn(-c2ccccc2)c(C)c1CNC(=O)c1ccccc1SCC1(C)NC(=O)NC1=O. The number of hydrogen-bond donors (Lipinski definition) is 3. The Hall–Kier alpha value is -3.59. The van der Waals surface area contributed by atoms with Gasteiger partial charge < -0.3 is 10.6 Å². The van der Waals surface area contributed by atoms with Crippen molar-refractivity contribution in [1.29, 1.82) is 0 Å². The van der Waals surface area contributed by atoms with Gasteiger partial charge in [-0.15, -0.1) is 11.8 Å². The fourth-order valence-electron chi connectivity index (χ4n) is 3.70. The number of urea groups is 1. The van der Waals surface area contributed by atoms with Crippen LogP contribution in [0.4, 0.5) is 4.79 Å². The van der Waals surface area contributed by atoms with Gasteiger partial charge in [0.25, 0.3) is 11.8 Å². The molecule has 2 heterocycles. The molecule has 1 aliphatic rings. The Morgan fingerprint density at radius 3 is 2.48 bits per heavy atom. The highest BCUT2D eigenvalue weighted by Crippen LogP contribution is 2.28. The van der Waals surface area contributed by atoms with Gasteiger partial charge >= 0.3 is 6.03 Å². The van der Waals surface area contributed by atoms with Crippen LogP contribution in [-0.2, 0) is 11.3 Å². The number of carbonyl (C=O) groups excluding carboxylic acids is 3. The van der Waals surface area contributed by atoms with E-state index in [0.717, 1.165) is 27.5 Å². The van der Waals surface area contributed by atoms with Crippen molar-refractivity contribution in [2.45, 2.75) is 37.8 Å². The number of benzene rings is 2. The van der Waals surface area contributed by atoms with Crippen molar-refractivity contribution in [1.82, 2.24) is 25.7 Å². The summed E-state index contributed by atoms with van der Waals surface area (Å²) in [5.41, 5.74) is 3.25. The summed E-state index contributed by atoms with van der Waals surface area (Å²) in [4.78, 5) is 37.3. The predicted octanol–water partition coefficient (Wildman–Crippen LogP) is 3.11. The van der Waals surface area contributed by atoms with E-state index in [1.54, 1.807) is 19.1 Å². The van der Waals surface area contributed by atoms with Crippen LogP contribution in [0.1, 0.15) is 34.2 Å². The first-order chi connectivity index (χ1) is 15.8. The molecule has 0 aliphatic carbocycles. The summed E-state index contributed by atoms with van der Waals surface area (Å²) >= 11 is 1.35. The second kappa shape index (κ2) is 9.11. The van der Waals surface area contributed by atoms with Crippen molar-refractivity contribution in [3.63, 3.8) is 0 Å². The van der Waals surface area contributed by atoms with Crippen molar-refractivity contribution < 1.29 is 14.4 Å².